The quantitative estimate of drug-likeness (QED) is 0.878. The summed E-state index contributed by atoms with van der Waals surface area (Å²) < 4.78 is 10.5. The summed E-state index contributed by atoms with van der Waals surface area (Å²) in [5, 5.41) is 10.2. The molecule has 1 aromatic carbocycles. The summed E-state index contributed by atoms with van der Waals surface area (Å²) in [5.41, 5.74) is 7.06. The number of phenols is 1. The van der Waals surface area contributed by atoms with E-state index >= 15 is 0 Å². The van der Waals surface area contributed by atoms with Gasteiger partial charge in [0.15, 0.2) is 0 Å². The topological polar surface area (TPSA) is 64.7 Å². The molecule has 4 nitrogen and oxygen atoms in total. The highest BCUT2D eigenvalue weighted by Crippen LogP contribution is 2.42. The summed E-state index contributed by atoms with van der Waals surface area (Å²) in [6, 6.07) is 3.19. The molecule has 19 heavy (non-hydrogen) atoms. The number of nitrogens with two attached hydrogens (primary N) is 1. The van der Waals surface area contributed by atoms with Crippen molar-refractivity contribution < 1.29 is 14.6 Å². The Kier molecular flexibility index (Phi) is 4.53. The maximum atomic E-state index is 10.2. The zero-order valence-electron chi connectivity index (χ0n) is 11.7. The molecule has 0 amide bonds. The second-order valence-electron chi connectivity index (χ2n) is 5.19. The van der Waals surface area contributed by atoms with Crippen LogP contribution in [0, 0.1) is 5.92 Å². The van der Waals surface area contributed by atoms with E-state index in [9.17, 15) is 5.11 Å². The molecule has 0 unspecified atom stereocenters. The highest BCUT2D eigenvalue weighted by atomic mass is 16.5. The maximum Gasteiger partial charge on any atom is 0.131 e. The molecule has 0 heterocycles. The molecule has 4 heteroatoms. The molecule has 0 bridgehead atoms. The summed E-state index contributed by atoms with van der Waals surface area (Å²) in [5.74, 6) is 1.76. The van der Waals surface area contributed by atoms with Crippen molar-refractivity contribution in [2.45, 2.75) is 38.1 Å². The third kappa shape index (κ3) is 2.95. The molecular weight excluding hydrogens is 242 g/mol. The molecule has 0 aliphatic heterocycles. The van der Waals surface area contributed by atoms with Gasteiger partial charge >= 0.3 is 0 Å². The minimum absolute atomic E-state index is 0.161. The molecule has 0 saturated heterocycles. The lowest BCUT2D eigenvalue weighted by atomic mass is 9.81. The highest BCUT2D eigenvalue weighted by molar-refractivity contribution is 5.51. The maximum absolute atomic E-state index is 10.2. The van der Waals surface area contributed by atoms with Gasteiger partial charge in [0.2, 0.25) is 0 Å². The SMILES string of the molecule is COc1cc(O)c([C@@H](N)C2CCCCC2)c(OC)c1. The number of ether oxygens (including phenoxy) is 2. The van der Waals surface area contributed by atoms with Crippen LogP contribution in [0.5, 0.6) is 17.2 Å². The average Bonchev–Trinajstić information content (AvgIpc) is 2.46. The van der Waals surface area contributed by atoms with Crippen LogP contribution in [-0.2, 0) is 0 Å². The van der Waals surface area contributed by atoms with E-state index in [1.807, 2.05) is 0 Å². The molecular formula is C15H23NO3. The van der Waals surface area contributed by atoms with Gasteiger partial charge in [-0.2, -0.15) is 0 Å². The van der Waals surface area contributed by atoms with Gasteiger partial charge < -0.3 is 20.3 Å². The number of hydrogen-bond acceptors (Lipinski definition) is 4. The first kappa shape index (κ1) is 14.0. The predicted octanol–water partition coefficient (Wildman–Crippen LogP) is 2.99. The van der Waals surface area contributed by atoms with Crippen molar-refractivity contribution in [1.82, 2.24) is 0 Å². The molecule has 0 aromatic heterocycles. The van der Waals surface area contributed by atoms with Crippen molar-refractivity contribution >= 4 is 0 Å². The van der Waals surface area contributed by atoms with Gasteiger partial charge in [-0.25, -0.2) is 0 Å². The van der Waals surface area contributed by atoms with Crippen molar-refractivity contribution in [3.63, 3.8) is 0 Å². The third-order valence-corrected chi connectivity index (χ3v) is 4.04. The van der Waals surface area contributed by atoms with E-state index in [1.165, 1.54) is 19.3 Å². The Bertz CT molecular complexity index is 428. The average molecular weight is 265 g/mol. The number of aromatic hydroxyl groups is 1. The van der Waals surface area contributed by atoms with Crippen molar-refractivity contribution in [2.24, 2.45) is 11.7 Å². The Hall–Kier alpha value is -1.42. The Balaban J connectivity index is 2.31. The van der Waals surface area contributed by atoms with E-state index in [0.717, 1.165) is 12.8 Å². The van der Waals surface area contributed by atoms with E-state index in [-0.39, 0.29) is 11.8 Å². The largest absolute Gasteiger partial charge is 0.507 e. The van der Waals surface area contributed by atoms with Crippen molar-refractivity contribution in [3.8, 4) is 17.2 Å². The summed E-state index contributed by atoms with van der Waals surface area (Å²) in [7, 11) is 3.15. The molecule has 1 aliphatic carbocycles. The first-order chi connectivity index (χ1) is 9.17. The lowest BCUT2D eigenvalue weighted by Gasteiger charge is -2.29. The van der Waals surface area contributed by atoms with Crippen LogP contribution >= 0.6 is 0 Å². The Morgan fingerprint density at radius 1 is 1.16 bits per heavy atom. The molecule has 1 saturated carbocycles. The van der Waals surface area contributed by atoms with Gasteiger partial charge in [-0.3, -0.25) is 0 Å². The zero-order chi connectivity index (χ0) is 13.8. The van der Waals surface area contributed by atoms with Crippen LogP contribution in [0.25, 0.3) is 0 Å². The fourth-order valence-electron chi connectivity index (χ4n) is 2.94. The third-order valence-electron chi connectivity index (χ3n) is 4.04. The normalized spacial score (nSPS) is 18.1. The van der Waals surface area contributed by atoms with Crippen LogP contribution in [0.2, 0.25) is 0 Å². The monoisotopic (exact) mass is 265 g/mol. The van der Waals surface area contributed by atoms with E-state index < -0.39 is 0 Å². The standard InChI is InChI=1S/C15H23NO3/c1-18-11-8-12(17)14(13(9-11)19-2)15(16)10-6-4-3-5-7-10/h8-10,15,17H,3-7,16H2,1-2H3/t15-/m0/s1. The molecule has 0 radical (unpaired) electrons. The van der Waals surface area contributed by atoms with E-state index in [4.69, 9.17) is 15.2 Å². The van der Waals surface area contributed by atoms with Gasteiger partial charge in [0.1, 0.15) is 17.2 Å². The first-order valence-electron chi connectivity index (χ1n) is 6.87. The molecule has 106 valence electrons. The van der Waals surface area contributed by atoms with Gasteiger partial charge in [-0.1, -0.05) is 19.3 Å². The van der Waals surface area contributed by atoms with Crippen LogP contribution in [0.15, 0.2) is 12.1 Å². The van der Waals surface area contributed by atoms with E-state index in [0.29, 0.717) is 23.0 Å². The van der Waals surface area contributed by atoms with Gasteiger partial charge in [0, 0.05) is 18.2 Å². The Labute approximate surface area is 114 Å². The number of rotatable bonds is 4. The molecule has 1 atom stereocenters. The summed E-state index contributed by atoms with van der Waals surface area (Å²) in [4.78, 5) is 0. The number of phenolic OH excluding ortho intramolecular Hbond substituents is 1. The molecule has 1 aromatic rings. The number of hydrogen-bond donors (Lipinski definition) is 2. The molecule has 3 N–H and O–H groups in total. The highest BCUT2D eigenvalue weighted by Gasteiger charge is 2.27. The van der Waals surface area contributed by atoms with Crippen LogP contribution in [-0.4, -0.2) is 19.3 Å². The van der Waals surface area contributed by atoms with E-state index in [1.54, 1.807) is 26.4 Å². The second kappa shape index (κ2) is 6.15. The summed E-state index contributed by atoms with van der Waals surface area (Å²) in [6.45, 7) is 0. The van der Waals surface area contributed by atoms with Crippen LogP contribution in [0.3, 0.4) is 0 Å². The molecule has 1 aliphatic rings. The van der Waals surface area contributed by atoms with Crippen LogP contribution in [0.1, 0.15) is 43.7 Å². The Morgan fingerprint density at radius 3 is 2.42 bits per heavy atom. The van der Waals surface area contributed by atoms with Crippen LogP contribution < -0.4 is 15.2 Å². The van der Waals surface area contributed by atoms with Gasteiger partial charge in [-0.05, 0) is 18.8 Å². The minimum atomic E-state index is -0.179. The second-order valence-corrected chi connectivity index (χ2v) is 5.19. The van der Waals surface area contributed by atoms with Crippen molar-refractivity contribution in [2.75, 3.05) is 14.2 Å². The summed E-state index contributed by atoms with van der Waals surface area (Å²) >= 11 is 0. The van der Waals surface area contributed by atoms with Gasteiger partial charge in [0.25, 0.3) is 0 Å². The molecule has 0 spiro atoms. The van der Waals surface area contributed by atoms with Crippen molar-refractivity contribution in [3.05, 3.63) is 17.7 Å². The molecule has 2 rings (SSSR count). The minimum Gasteiger partial charge on any atom is -0.507 e. The first-order valence-corrected chi connectivity index (χ1v) is 6.87. The molecule has 1 fully saturated rings. The number of methoxy groups -OCH3 is 2. The van der Waals surface area contributed by atoms with E-state index in [2.05, 4.69) is 0 Å². The fraction of sp³-hybridized carbons (Fsp3) is 0.600. The van der Waals surface area contributed by atoms with Crippen LogP contribution in [0.4, 0.5) is 0 Å². The summed E-state index contributed by atoms with van der Waals surface area (Å²) in [6.07, 6.45) is 5.97. The van der Waals surface area contributed by atoms with Crippen molar-refractivity contribution in [1.29, 1.82) is 0 Å². The fourth-order valence-corrected chi connectivity index (χ4v) is 2.94. The predicted molar refractivity (Wildman–Crippen MR) is 74.7 cm³/mol. The zero-order valence-corrected chi connectivity index (χ0v) is 11.7. The van der Waals surface area contributed by atoms with Gasteiger partial charge in [-0.15, -0.1) is 0 Å². The number of benzene rings is 1. The lowest BCUT2D eigenvalue weighted by molar-refractivity contribution is 0.293. The lowest BCUT2D eigenvalue weighted by Crippen LogP contribution is -2.24. The smallest absolute Gasteiger partial charge is 0.131 e. The van der Waals surface area contributed by atoms with Gasteiger partial charge in [0.05, 0.1) is 19.8 Å². The Morgan fingerprint density at radius 2 is 1.84 bits per heavy atom.